The lowest BCUT2D eigenvalue weighted by molar-refractivity contribution is -0.145. The van der Waals surface area contributed by atoms with Crippen LogP contribution in [0.2, 0.25) is 0 Å². The highest BCUT2D eigenvalue weighted by molar-refractivity contribution is 5.95. The topological polar surface area (TPSA) is 59.8 Å². The van der Waals surface area contributed by atoms with Gasteiger partial charge in [0.1, 0.15) is 17.6 Å². The van der Waals surface area contributed by atoms with Gasteiger partial charge in [0.25, 0.3) is 5.91 Å². The zero-order valence-corrected chi connectivity index (χ0v) is 12.6. The maximum absolute atomic E-state index is 13.0. The number of carbonyl (C=O) groups excluding carboxylic acids is 2. The van der Waals surface area contributed by atoms with Crippen LogP contribution in [-0.4, -0.2) is 36.5 Å². The average Bonchev–Trinajstić information content (AvgIpc) is 3.23. The first-order valence-electron chi connectivity index (χ1n) is 7.34. The van der Waals surface area contributed by atoms with Crippen molar-refractivity contribution in [3.8, 4) is 11.3 Å². The normalized spacial score (nSPS) is 17.3. The lowest BCUT2D eigenvalue weighted by Gasteiger charge is -2.21. The van der Waals surface area contributed by atoms with E-state index in [1.807, 2.05) is 0 Å². The monoisotopic (exact) mass is 317 g/mol. The Bertz CT molecular complexity index is 722. The number of furan rings is 1. The summed E-state index contributed by atoms with van der Waals surface area (Å²) in [5.41, 5.74) is 0.677. The molecule has 0 N–H and O–H groups in total. The number of ether oxygens (including phenoxy) is 1. The fraction of sp³-hybridized carbons (Fsp3) is 0.294. The van der Waals surface area contributed by atoms with Crippen LogP contribution in [0, 0.1) is 5.82 Å². The highest BCUT2D eigenvalue weighted by Crippen LogP contribution is 2.26. The van der Waals surface area contributed by atoms with E-state index < -0.39 is 12.0 Å². The van der Waals surface area contributed by atoms with Gasteiger partial charge in [-0.25, -0.2) is 9.18 Å². The molecule has 1 fully saturated rings. The number of nitrogens with zero attached hydrogens (tertiary/aromatic N) is 1. The second kappa shape index (κ2) is 6.24. The summed E-state index contributed by atoms with van der Waals surface area (Å²) in [5.74, 6) is -0.468. The molecular weight excluding hydrogens is 301 g/mol. The zero-order chi connectivity index (χ0) is 16.4. The van der Waals surface area contributed by atoms with Crippen LogP contribution in [0.5, 0.6) is 0 Å². The molecule has 2 aromatic rings. The first kappa shape index (κ1) is 15.3. The van der Waals surface area contributed by atoms with Crippen LogP contribution in [-0.2, 0) is 9.53 Å². The summed E-state index contributed by atoms with van der Waals surface area (Å²) in [6.45, 7) is 0.491. The van der Waals surface area contributed by atoms with Crippen LogP contribution in [0.25, 0.3) is 11.3 Å². The number of esters is 1. The maximum atomic E-state index is 13.0. The molecule has 0 saturated carbocycles. The molecule has 1 aromatic heterocycles. The Morgan fingerprint density at radius 2 is 1.96 bits per heavy atom. The summed E-state index contributed by atoms with van der Waals surface area (Å²) in [5, 5.41) is 0. The van der Waals surface area contributed by atoms with Crippen LogP contribution in [0.4, 0.5) is 4.39 Å². The Kier molecular flexibility index (Phi) is 4.14. The zero-order valence-electron chi connectivity index (χ0n) is 12.6. The minimum atomic E-state index is -0.563. The third-order valence-corrected chi connectivity index (χ3v) is 3.93. The number of benzene rings is 1. The van der Waals surface area contributed by atoms with Gasteiger partial charge < -0.3 is 14.1 Å². The Morgan fingerprint density at radius 1 is 1.22 bits per heavy atom. The van der Waals surface area contributed by atoms with Crippen molar-refractivity contribution in [1.29, 1.82) is 0 Å². The molecule has 2 heterocycles. The van der Waals surface area contributed by atoms with Crippen molar-refractivity contribution in [3.05, 3.63) is 48.0 Å². The molecule has 5 nitrogen and oxygen atoms in total. The van der Waals surface area contributed by atoms with Gasteiger partial charge in [-0.05, 0) is 49.2 Å². The van der Waals surface area contributed by atoms with E-state index in [0.29, 0.717) is 24.3 Å². The van der Waals surface area contributed by atoms with Crippen molar-refractivity contribution in [2.45, 2.75) is 18.9 Å². The van der Waals surface area contributed by atoms with Gasteiger partial charge >= 0.3 is 5.97 Å². The van der Waals surface area contributed by atoms with Crippen molar-refractivity contribution in [1.82, 2.24) is 4.90 Å². The van der Waals surface area contributed by atoms with Crippen LogP contribution < -0.4 is 0 Å². The molecular formula is C17H16FNO4. The second-order valence-electron chi connectivity index (χ2n) is 5.35. The standard InChI is InChI=1S/C17H16FNO4/c1-22-17(21)13-3-2-10-19(13)16(20)15-9-8-14(23-15)11-4-6-12(18)7-5-11/h4-9,13H,2-3,10H2,1H3/t13-/m1/s1. The average molecular weight is 317 g/mol. The SMILES string of the molecule is COC(=O)[C@H]1CCCN1C(=O)c1ccc(-c2ccc(F)cc2)o1. The van der Waals surface area contributed by atoms with Gasteiger partial charge in [-0.3, -0.25) is 4.79 Å². The third kappa shape index (κ3) is 2.97. The number of methoxy groups -OCH3 is 1. The number of hydrogen-bond acceptors (Lipinski definition) is 4. The molecule has 1 aromatic carbocycles. The molecule has 0 spiro atoms. The van der Waals surface area contributed by atoms with Gasteiger partial charge in [-0.15, -0.1) is 0 Å². The molecule has 0 unspecified atom stereocenters. The van der Waals surface area contributed by atoms with E-state index in [-0.39, 0.29) is 17.5 Å². The molecule has 3 rings (SSSR count). The quantitative estimate of drug-likeness (QED) is 0.817. The van der Waals surface area contributed by atoms with Crippen LogP contribution in [0.3, 0.4) is 0 Å². The fourth-order valence-corrected chi connectivity index (χ4v) is 2.75. The molecule has 1 aliphatic rings. The predicted molar refractivity (Wildman–Crippen MR) is 80.2 cm³/mol. The molecule has 1 aliphatic heterocycles. The Balaban J connectivity index is 1.81. The van der Waals surface area contributed by atoms with Gasteiger partial charge in [0.05, 0.1) is 7.11 Å². The number of rotatable bonds is 3. The fourth-order valence-electron chi connectivity index (χ4n) is 2.75. The van der Waals surface area contributed by atoms with E-state index in [4.69, 9.17) is 9.15 Å². The Hall–Kier alpha value is -2.63. The second-order valence-corrected chi connectivity index (χ2v) is 5.35. The minimum Gasteiger partial charge on any atom is -0.467 e. The molecule has 0 bridgehead atoms. The lowest BCUT2D eigenvalue weighted by Crippen LogP contribution is -2.40. The molecule has 0 aliphatic carbocycles. The van der Waals surface area contributed by atoms with Gasteiger partial charge in [0.15, 0.2) is 5.76 Å². The first-order chi connectivity index (χ1) is 11.1. The molecule has 6 heteroatoms. The highest BCUT2D eigenvalue weighted by Gasteiger charge is 2.36. The summed E-state index contributed by atoms with van der Waals surface area (Å²) in [6, 6.07) is 8.47. The molecule has 1 amide bonds. The number of amides is 1. The first-order valence-corrected chi connectivity index (χ1v) is 7.34. The number of carbonyl (C=O) groups is 2. The van der Waals surface area contributed by atoms with Crippen molar-refractivity contribution >= 4 is 11.9 Å². The van der Waals surface area contributed by atoms with Gasteiger partial charge in [-0.1, -0.05) is 0 Å². The van der Waals surface area contributed by atoms with E-state index in [0.717, 1.165) is 6.42 Å². The molecule has 120 valence electrons. The number of halogens is 1. The lowest BCUT2D eigenvalue weighted by atomic mass is 10.2. The van der Waals surface area contributed by atoms with Crippen LogP contribution in [0.15, 0.2) is 40.8 Å². The van der Waals surface area contributed by atoms with Crippen molar-refractivity contribution in [2.24, 2.45) is 0 Å². The smallest absolute Gasteiger partial charge is 0.328 e. The molecule has 1 saturated heterocycles. The van der Waals surface area contributed by atoms with E-state index in [2.05, 4.69) is 0 Å². The predicted octanol–water partition coefficient (Wildman–Crippen LogP) is 2.86. The van der Waals surface area contributed by atoms with Crippen LogP contribution in [0.1, 0.15) is 23.4 Å². The van der Waals surface area contributed by atoms with Gasteiger partial charge in [0, 0.05) is 12.1 Å². The summed E-state index contributed by atoms with van der Waals surface area (Å²) in [7, 11) is 1.31. The van der Waals surface area contributed by atoms with Crippen LogP contribution >= 0.6 is 0 Å². The maximum Gasteiger partial charge on any atom is 0.328 e. The highest BCUT2D eigenvalue weighted by atomic mass is 19.1. The number of hydrogen-bond donors (Lipinski definition) is 0. The third-order valence-electron chi connectivity index (χ3n) is 3.93. The minimum absolute atomic E-state index is 0.153. The largest absolute Gasteiger partial charge is 0.467 e. The summed E-state index contributed by atoms with van der Waals surface area (Å²) in [6.07, 6.45) is 1.33. The van der Waals surface area contributed by atoms with Crippen molar-refractivity contribution < 1.29 is 23.1 Å². The van der Waals surface area contributed by atoms with E-state index >= 15 is 0 Å². The van der Waals surface area contributed by atoms with E-state index in [1.54, 1.807) is 24.3 Å². The Labute approximate surface area is 132 Å². The summed E-state index contributed by atoms with van der Waals surface area (Å²) in [4.78, 5) is 25.7. The molecule has 1 atom stereocenters. The van der Waals surface area contributed by atoms with Crippen molar-refractivity contribution in [3.63, 3.8) is 0 Å². The molecule has 0 radical (unpaired) electrons. The van der Waals surface area contributed by atoms with Gasteiger partial charge in [-0.2, -0.15) is 0 Å². The Morgan fingerprint density at radius 3 is 2.65 bits per heavy atom. The number of likely N-dealkylation sites (tertiary alicyclic amines) is 1. The molecule has 23 heavy (non-hydrogen) atoms. The van der Waals surface area contributed by atoms with E-state index in [1.165, 1.54) is 24.1 Å². The van der Waals surface area contributed by atoms with Crippen molar-refractivity contribution in [2.75, 3.05) is 13.7 Å². The summed E-state index contributed by atoms with van der Waals surface area (Å²) < 4.78 is 23.3. The van der Waals surface area contributed by atoms with Gasteiger partial charge in [0.2, 0.25) is 0 Å². The van der Waals surface area contributed by atoms with E-state index in [9.17, 15) is 14.0 Å². The summed E-state index contributed by atoms with van der Waals surface area (Å²) >= 11 is 0.